The van der Waals surface area contributed by atoms with E-state index in [0.717, 1.165) is 36.9 Å². The molecule has 0 radical (unpaired) electrons. The van der Waals surface area contributed by atoms with Crippen molar-refractivity contribution in [2.45, 2.75) is 52.0 Å². The first-order valence-corrected chi connectivity index (χ1v) is 12.1. The Bertz CT molecular complexity index is 1060. The van der Waals surface area contributed by atoms with Gasteiger partial charge in [0.1, 0.15) is 11.6 Å². The molecule has 186 valence electrons. The van der Waals surface area contributed by atoms with Gasteiger partial charge >= 0.3 is 0 Å². The van der Waals surface area contributed by atoms with E-state index in [9.17, 15) is 18.8 Å². The number of hydrogen-bond acceptors (Lipinski definition) is 3. The Morgan fingerprint density at radius 1 is 0.886 bits per heavy atom. The number of carbonyl (C=O) groups excluding carboxylic acids is 1. The molecule has 6 heteroatoms. The van der Waals surface area contributed by atoms with Crippen molar-refractivity contribution in [1.82, 2.24) is 10.8 Å². The summed E-state index contributed by atoms with van der Waals surface area (Å²) in [6.45, 7) is 4.16. The van der Waals surface area contributed by atoms with Gasteiger partial charge in [0, 0.05) is 12.0 Å². The fraction of sp³-hybridized carbons (Fsp3) is 0.345. The van der Waals surface area contributed by atoms with Crippen molar-refractivity contribution in [3.8, 4) is 0 Å². The van der Waals surface area contributed by atoms with Crippen molar-refractivity contribution in [3.63, 3.8) is 0 Å². The molecule has 35 heavy (non-hydrogen) atoms. The van der Waals surface area contributed by atoms with Crippen molar-refractivity contribution in [2.24, 2.45) is 5.92 Å². The molecular formula is C29H34F2N2O2. The Hall–Kier alpha value is -3.09. The molecule has 0 aliphatic heterocycles. The first-order chi connectivity index (χ1) is 16.9. The molecule has 1 amide bonds. The molecule has 0 saturated heterocycles. The molecule has 3 N–H and O–H groups in total. The molecule has 3 rings (SSSR count). The van der Waals surface area contributed by atoms with Crippen LogP contribution in [0, 0.1) is 31.4 Å². The van der Waals surface area contributed by atoms with Gasteiger partial charge in [-0.25, -0.2) is 14.3 Å². The summed E-state index contributed by atoms with van der Waals surface area (Å²) in [5.41, 5.74) is 5.98. The van der Waals surface area contributed by atoms with Crippen molar-refractivity contribution in [2.75, 3.05) is 6.54 Å². The number of hydroxylamine groups is 1. The maximum atomic E-state index is 14.0. The first-order valence-electron chi connectivity index (χ1n) is 12.1. The summed E-state index contributed by atoms with van der Waals surface area (Å²) >= 11 is 0. The highest BCUT2D eigenvalue weighted by Crippen LogP contribution is 2.22. The van der Waals surface area contributed by atoms with Gasteiger partial charge in [0.25, 0.3) is 0 Å². The molecule has 3 aromatic carbocycles. The highest BCUT2D eigenvalue weighted by molar-refractivity contribution is 5.77. The lowest BCUT2D eigenvalue weighted by Gasteiger charge is -2.20. The lowest BCUT2D eigenvalue weighted by atomic mass is 9.91. The molecule has 0 aliphatic carbocycles. The number of halogens is 2. The summed E-state index contributed by atoms with van der Waals surface area (Å²) in [5, 5.41) is 12.8. The minimum Gasteiger partial charge on any atom is -0.310 e. The summed E-state index contributed by atoms with van der Waals surface area (Å²) < 4.78 is 27.4. The fourth-order valence-corrected chi connectivity index (χ4v) is 4.50. The Morgan fingerprint density at radius 3 is 2.17 bits per heavy atom. The fourth-order valence-electron chi connectivity index (χ4n) is 4.50. The van der Waals surface area contributed by atoms with Crippen molar-refractivity contribution in [3.05, 3.63) is 106 Å². The van der Waals surface area contributed by atoms with E-state index in [-0.39, 0.29) is 17.7 Å². The lowest BCUT2D eigenvalue weighted by molar-refractivity contribution is -0.133. The van der Waals surface area contributed by atoms with Gasteiger partial charge in [-0.1, -0.05) is 61.0 Å². The standard InChI is InChI=1S/C29H34F2N2O2/c1-20-16-23(17-21(2)28(20)31)18-25(29(34)33-35)10-6-7-15-32-27(19-22-8-4-3-5-9-22)24-11-13-26(30)14-12-24/h3-5,8-9,11-14,16-17,25,27,32,35H,6-7,10,15,18-19H2,1-2H3,(H,33,34)/t25-,27+/m0/s1. The van der Waals surface area contributed by atoms with E-state index in [1.807, 2.05) is 30.3 Å². The lowest BCUT2D eigenvalue weighted by Crippen LogP contribution is -2.30. The maximum Gasteiger partial charge on any atom is 0.246 e. The molecule has 3 aromatic rings. The van der Waals surface area contributed by atoms with Gasteiger partial charge in [-0.05, 0) is 86.0 Å². The van der Waals surface area contributed by atoms with Crippen LogP contribution in [0.5, 0.6) is 0 Å². The number of hydrogen-bond donors (Lipinski definition) is 3. The highest BCUT2D eigenvalue weighted by Gasteiger charge is 2.19. The molecular weight excluding hydrogens is 446 g/mol. The zero-order valence-corrected chi connectivity index (χ0v) is 20.4. The first kappa shape index (κ1) is 26.5. The average molecular weight is 481 g/mol. The monoisotopic (exact) mass is 480 g/mol. The second-order valence-electron chi connectivity index (χ2n) is 9.16. The van der Waals surface area contributed by atoms with Gasteiger partial charge < -0.3 is 5.32 Å². The van der Waals surface area contributed by atoms with Gasteiger partial charge in [0.15, 0.2) is 0 Å². The van der Waals surface area contributed by atoms with E-state index in [2.05, 4.69) is 17.4 Å². The van der Waals surface area contributed by atoms with Crippen molar-refractivity contribution in [1.29, 1.82) is 0 Å². The average Bonchev–Trinajstić information content (AvgIpc) is 2.86. The van der Waals surface area contributed by atoms with E-state index in [1.54, 1.807) is 31.5 Å². The van der Waals surface area contributed by atoms with E-state index in [1.165, 1.54) is 17.7 Å². The smallest absolute Gasteiger partial charge is 0.246 e. The molecule has 4 nitrogen and oxygen atoms in total. The van der Waals surface area contributed by atoms with Crippen LogP contribution in [0.3, 0.4) is 0 Å². The molecule has 0 fully saturated rings. The van der Waals surface area contributed by atoms with Crippen LogP contribution in [0.25, 0.3) is 0 Å². The SMILES string of the molecule is Cc1cc(C[C@H](CCCCN[C@H](Cc2ccccc2)c2ccc(F)cc2)C(=O)NO)cc(C)c1F. The van der Waals surface area contributed by atoms with Crippen LogP contribution in [-0.2, 0) is 17.6 Å². The second-order valence-corrected chi connectivity index (χ2v) is 9.16. The number of carbonyl (C=O) groups is 1. The van der Waals surface area contributed by atoms with E-state index in [4.69, 9.17) is 0 Å². The molecule has 0 unspecified atom stereocenters. The molecule has 0 aromatic heterocycles. The third-order valence-corrected chi connectivity index (χ3v) is 6.38. The molecule has 2 atom stereocenters. The van der Waals surface area contributed by atoms with Gasteiger partial charge in [-0.2, -0.15) is 0 Å². The van der Waals surface area contributed by atoms with E-state index < -0.39 is 11.8 Å². The zero-order chi connectivity index (χ0) is 25.2. The van der Waals surface area contributed by atoms with Crippen molar-refractivity contribution >= 4 is 5.91 Å². The van der Waals surface area contributed by atoms with Crippen LogP contribution in [0.4, 0.5) is 8.78 Å². The normalized spacial score (nSPS) is 12.8. The zero-order valence-electron chi connectivity index (χ0n) is 20.4. The summed E-state index contributed by atoms with van der Waals surface area (Å²) in [6.07, 6.45) is 3.44. The van der Waals surface area contributed by atoms with Gasteiger partial charge in [-0.15, -0.1) is 0 Å². The number of aryl methyl sites for hydroxylation is 2. The van der Waals surface area contributed by atoms with E-state index in [0.29, 0.717) is 24.0 Å². The summed E-state index contributed by atoms with van der Waals surface area (Å²) in [6, 6.07) is 20.3. The summed E-state index contributed by atoms with van der Waals surface area (Å²) in [5.74, 6) is -1.31. The Morgan fingerprint density at radius 2 is 1.54 bits per heavy atom. The number of rotatable bonds is 12. The summed E-state index contributed by atoms with van der Waals surface area (Å²) in [4.78, 5) is 12.3. The van der Waals surface area contributed by atoms with Gasteiger partial charge in [0.05, 0.1) is 0 Å². The largest absolute Gasteiger partial charge is 0.310 e. The van der Waals surface area contributed by atoms with E-state index >= 15 is 0 Å². The third kappa shape index (κ3) is 7.98. The Kier molecular flexibility index (Phi) is 9.94. The molecule has 0 spiro atoms. The summed E-state index contributed by atoms with van der Waals surface area (Å²) in [7, 11) is 0. The van der Waals surface area contributed by atoms with Crippen LogP contribution in [-0.4, -0.2) is 17.7 Å². The third-order valence-electron chi connectivity index (χ3n) is 6.38. The molecule has 0 aliphatic rings. The number of benzene rings is 3. The van der Waals surface area contributed by atoms with Crippen LogP contribution in [0.15, 0.2) is 66.7 Å². The minimum atomic E-state index is -0.425. The quantitative estimate of drug-likeness (QED) is 0.170. The minimum absolute atomic E-state index is 0.0414. The van der Waals surface area contributed by atoms with Gasteiger partial charge in [-0.3, -0.25) is 10.0 Å². The number of unbranched alkanes of at least 4 members (excludes halogenated alkanes) is 1. The topological polar surface area (TPSA) is 61.4 Å². The van der Waals surface area contributed by atoms with Crippen molar-refractivity contribution < 1.29 is 18.8 Å². The van der Waals surface area contributed by atoms with Crippen LogP contribution in [0.2, 0.25) is 0 Å². The van der Waals surface area contributed by atoms with Crippen LogP contribution < -0.4 is 10.8 Å². The van der Waals surface area contributed by atoms with Gasteiger partial charge in [0.2, 0.25) is 5.91 Å². The molecule has 0 saturated carbocycles. The predicted molar refractivity (Wildman–Crippen MR) is 134 cm³/mol. The maximum absolute atomic E-state index is 14.0. The predicted octanol–water partition coefficient (Wildman–Crippen LogP) is 5.99. The number of amides is 1. The van der Waals surface area contributed by atoms with Crippen LogP contribution in [0.1, 0.15) is 53.1 Å². The van der Waals surface area contributed by atoms with Crippen LogP contribution >= 0.6 is 0 Å². The molecule has 0 heterocycles. The molecule has 0 bridgehead atoms. The second kappa shape index (κ2) is 13.1. The Balaban J connectivity index is 1.56. The Labute approximate surface area is 206 Å². The number of nitrogens with one attached hydrogen (secondary N) is 2. The highest BCUT2D eigenvalue weighted by atomic mass is 19.1.